The fourth-order valence-electron chi connectivity index (χ4n) is 2.52. The number of nitrogens with zero attached hydrogens (tertiary/aromatic N) is 2. The number of hydrogen-bond donors (Lipinski definition) is 0. The van der Waals surface area contributed by atoms with Gasteiger partial charge in [-0.25, -0.2) is 0 Å². The average molecular weight is 353 g/mol. The minimum atomic E-state index is 0.485. The van der Waals surface area contributed by atoms with E-state index in [0.29, 0.717) is 11.1 Å². The zero-order chi connectivity index (χ0) is 13.8. The van der Waals surface area contributed by atoms with E-state index in [2.05, 4.69) is 50.4 Å². The van der Waals surface area contributed by atoms with E-state index in [9.17, 15) is 0 Å². The van der Waals surface area contributed by atoms with Crippen LogP contribution in [-0.2, 0) is 5.75 Å². The van der Waals surface area contributed by atoms with Gasteiger partial charge in [-0.15, -0.1) is 10.2 Å². The van der Waals surface area contributed by atoms with Crippen molar-refractivity contribution in [1.29, 1.82) is 0 Å². The Morgan fingerprint density at radius 1 is 1.10 bits per heavy atom. The molecule has 1 fully saturated rings. The SMILES string of the molecule is Brc1ccc(CSc2nnc(C3CCCCC3)o2)cc1. The molecule has 5 heteroatoms. The summed E-state index contributed by atoms with van der Waals surface area (Å²) in [5, 5.41) is 9.07. The number of thioether (sulfide) groups is 1. The molecule has 3 rings (SSSR count). The van der Waals surface area contributed by atoms with E-state index < -0.39 is 0 Å². The van der Waals surface area contributed by atoms with Crippen LogP contribution in [0.3, 0.4) is 0 Å². The highest BCUT2D eigenvalue weighted by atomic mass is 79.9. The first-order valence-electron chi connectivity index (χ1n) is 7.02. The first-order valence-corrected chi connectivity index (χ1v) is 8.80. The van der Waals surface area contributed by atoms with Crippen molar-refractivity contribution in [2.24, 2.45) is 0 Å². The van der Waals surface area contributed by atoms with Gasteiger partial charge in [-0.2, -0.15) is 0 Å². The second-order valence-corrected chi connectivity index (χ2v) is 7.00. The minimum Gasteiger partial charge on any atom is -0.416 e. The molecule has 106 valence electrons. The molecule has 0 bridgehead atoms. The van der Waals surface area contributed by atoms with Crippen LogP contribution < -0.4 is 0 Å². The van der Waals surface area contributed by atoms with Gasteiger partial charge in [0.2, 0.25) is 5.89 Å². The zero-order valence-corrected chi connectivity index (χ0v) is 13.6. The van der Waals surface area contributed by atoms with Crippen LogP contribution in [0.15, 0.2) is 38.4 Å². The largest absolute Gasteiger partial charge is 0.416 e. The summed E-state index contributed by atoms with van der Waals surface area (Å²) < 4.78 is 6.90. The van der Waals surface area contributed by atoms with Crippen molar-refractivity contribution in [3.05, 3.63) is 40.2 Å². The van der Waals surface area contributed by atoms with Gasteiger partial charge in [0.15, 0.2) is 0 Å². The van der Waals surface area contributed by atoms with Gasteiger partial charge in [0.25, 0.3) is 5.22 Å². The summed E-state index contributed by atoms with van der Waals surface area (Å²) in [7, 11) is 0. The van der Waals surface area contributed by atoms with Crippen LogP contribution in [0.2, 0.25) is 0 Å². The van der Waals surface area contributed by atoms with Crippen molar-refractivity contribution >= 4 is 27.7 Å². The summed E-state index contributed by atoms with van der Waals surface area (Å²) in [6.45, 7) is 0. The molecule has 0 N–H and O–H groups in total. The third kappa shape index (κ3) is 3.64. The Bertz CT molecular complexity index is 549. The fourth-order valence-corrected chi connectivity index (χ4v) is 3.51. The molecule has 3 nitrogen and oxygen atoms in total. The average Bonchev–Trinajstić information content (AvgIpc) is 2.97. The summed E-state index contributed by atoms with van der Waals surface area (Å²) in [5.74, 6) is 2.18. The lowest BCUT2D eigenvalue weighted by Gasteiger charge is -2.17. The zero-order valence-electron chi connectivity index (χ0n) is 11.2. The molecule has 0 radical (unpaired) electrons. The smallest absolute Gasteiger partial charge is 0.276 e. The lowest BCUT2D eigenvalue weighted by atomic mass is 9.89. The Labute approximate surface area is 131 Å². The topological polar surface area (TPSA) is 38.9 Å². The molecule has 0 saturated heterocycles. The molecule has 1 aromatic heterocycles. The monoisotopic (exact) mass is 352 g/mol. The van der Waals surface area contributed by atoms with Crippen molar-refractivity contribution in [1.82, 2.24) is 10.2 Å². The van der Waals surface area contributed by atoms with Gasteiger partial charge < -0.3 is 4.42 Å². The maximum atomic E-state index is 5.80. The van der Waals surface area contributed by atoms with Gasteiger partial charge in [0, 0.05) is 16.1 Å². The fraction of sp³-hybridized carbons (Fsp3) is 0.467. The van der Waals surface area contributed by atoms with Crippen LogP contribution in [-0.4, -0.2) is 10.2 Å². The van der Waals surface area contributed by atoms with Crippen LogP contribution in [0.25, 0.3) is 0 Å². The number of rotatable bonds is 4. The van der Waals surface area contributed by atoms with E-state index in [1.165, 1.54) is 37.7 Å². The Kier molecular flexibility index (Phi) is 4.78. The summed E-state index contributed by atoms with van der Waals surface area (Å²) in [6.07, 6.45) is 6.30. The standard InChI is InChI=1S/C15H17BrN2OS/c16-13-8-6-11(7-9-13)10-20-15-18-17-14(19-15)12-4-2-1-3-5-12/h6-9,12H,1-5,10H2. The van der Waals surface area contributed by atoms with Crippen LogP contribution in [0.4, 0.5) is 0 Å². The van der Waals surface area contributed by atoms with Crippen molar-refractivity contribution in [3.63, 3.8) is 0 Å². The highest BCUT2D eigenvalue weighted by Crippen LogP contribution is 2.33. The maximum Gasteiger partial charge on any atom is 0.276 e. The van der Waals surface area contributed by atoms with Gasteiger partial charge >= 0.3 is 0 Å². The molecule has 1 aliphatic carbocycles. The van der Waals surface area contributed by atoms with E-state index in [1.54, 1.807) is 11.8 Å². The van der Waals surface area contributed by atoms with Gasteiger partial charge in [0.05, 0.1) is 0 Å². The van der Waals surface area contributed by atoms with E-state index >= 15 is 0 Å². The predicted octanol–water partition coefficient (Wildman–Crippen LogP) is 5.17. The van der Waals surface area contributed by atoms with Crippen LogP contribution in [0.1, 0.15) is 49.5 Å². The van der Waals surface area contributed by atoms with E-state index in [0.717, 1.165) is 16.1 Å². The van der Waals surface area contributed by atoms with Crippen LogP contribution in [0, 0.1) is 0 Å². The van der Waals surface area contributed by atoms with Crippen molar-refractivity contribution < 1.29 is 4.42 Å². The number of hydrogen-bond acceptors (Lipinski definition) is 4. The van der Waals surface area contributed by atoms with Crippen molar-refractivity contribution in [3.8, 4) is 0 Å². The molecule has 1 saturated carbocycles. The Morgan fingerprint density at radius 3 is 2.60 bits per heavy atom. The molecular weight excluding hydrogens is 336 g/mol. The first kappa shape index (κ1) is 14.1. The van der Waals surface area contributed by atoms with Gasteiger partial charge in [-0.3, -0.25) is 0 Å². The van der Waals surface area contributed by atoms with Crippen molar-refractivity contribution in [2.45, 2.75) is 49.0 Å². The van der Waals surface area contributed by atoms with Gasteiger partial charge in [-0.1, -0.05) is 59.1 Å². The van der Waals surface area contributed by atoms with Crippen molar-refractivity contribution in [2.75, 3.05) is 0 Å². The quantitative estimate of drug-likeness (QED) is 0.711. The predicted molar refractivity (Wildman–Crippen MR) is 83.8 cm³/mol. The second kappa shape index (κ2) is 6.76. The molecular formula is C15H17BrN2OS. The Hall–Kier alpha value is -0.810. The molecule has 0 aliphatic heterocycles. The molecule has 1 aromatic carbocycles. The third-order valence-electron chi connectivity index (χ3n) is 3.65. The van der Waals surface area contributed by atoms with E-state index in [4.69, 9.17) is 4.42 Å². The third-order valence-corrected chi connectivity index (χ3v) is 5.07. The first-order chi connectivity index (χ1) is 9.81. The molecule has 0 spiro atoms. The van der Waals surface area contributed by atoms with Gasteiger partial charge in [-0.05, 0) is 30.5 Å². The molecule has 0 atom stereocenters. The lowest BCUT2D eigenvalue weighted by molar-refractivity contribution is 0.334. The Morgan fingerprint density at radius 2 is 1.85 bits per heavy atom. The minimum absolute atomic E-state index is 0.485. The lowest BCUT2D eigenvalue weighted by Crippen LogP contribution is -2.04. The summed E-state index contributed by atoms with van der Waals surface area (Å²) in [4.78, 5) is 0. The number of benzene rings is 1. The number of halogens is 1. The van der Waals surface area contributed by atoms with E-state index in [1.807, 2.05) is 0 Å². The highest BCUT2D eigenvalue weighted by molar-refractivity contribution is 9.10. The summed E-state index contributed by atoms with van der Waals surface area (Å²) in [6, 6.07) is 8.32. The summed E-state index contributed by atoms with van der Waals surface area (Å²) >= 11 is 5.05. The molecule has 0 amide bonds. The second-order valence-electron chi connectivity index (χ2n) is 5.16. The molecule has 1 aliphatic rings. The normalized spacial score (nSPS) is 16.4. The summed E-state index contributed by atoms with van der Waals surface area (Å²) in [5.41, 5.74) is 1.26. The Balaban J connectivity index is 1.58. The molecule has 20 heavy (non-hydrogen) atoms. The van der Waals surface area contributed by atoms with E-state index in [-0.39, 0.29) is 0 Å². The molecule has 0 unspecified atom stereocenters. The molecule has 2 aromatic rings. The highest BCUT2D eigenvalue weighted by Gasteiger charge is 2.21. The van der Waals surface area contributed by atoms with Crippen LogP contribution in [0.5, 0.6) is 0 Å². The van der Waals surface area contributed by atoms with Gasteiger partial charge in [0.1, 0.15) is 0 Å². The molecule has 1 heterocycles. The maximum absolute atomic E-state index is 5.80. The van der Waals surface area contributed by atoms with Crippen LogP contribution >= 0.6 is 27.7 Å². The number of aromatic nitrogens is 2.